The number of rotatable bonds is 11. The van der Waals surface area contributed by atoms with Gasteiger partial charge in [-0.2, -0.15) is 0 Å². The Bertz CT molecular complexity index is 1200. The van der Waals surface area contributed by atoms with Gasteiger partial charge in [0, 0.05) is 54.1 Å². The fraction of sp³-hybridized carbons (Fsp3) is 0.639. The molecule has 0 bridgehead atoms. The molecule has 0 atom stereocenters. The molecule has 238 valence electrons. The van der Waals surface area contributed by atoms with E-state index in [-0.39, 0.29) is 23.0 Å². The Kier molecular flexibility index (Phi) is 10.8. The summed E-state index contributed by atoms with van der Waals surface area (Å²) in [6.45, 7) is 15.3. The molecule has 1 aliphatic heterocycles. The Hall–Kier alpha value is -2.61. The van der Waals surface area contributed by atoms with Gasteiger partial charge in [0.25, 0.3) is 5.91 Å². The summed E-state index contributed by atoms with van der Waals surface area (Å²) in [4.78, 5) is 19.0. The van der Waals surface area contributed by atoms with E-state index in [0.717, 1.165) is 60.2 Å². The quantitative estimate of drug-likeness (QED) is 0.294. The molecule has 7 heteroatoms. The van der Waals surface area contributed by atoms with Crippen LogP contribution < -0.4 is 20.3 Å². The number of amides is 1. The van der Waals surface area contributed by atoms with Crippen molar-refractivity contribution in [2.45, 2.75) is 109 Å². The lowest BCUT2D eigenvalue weighted by molar-refractivity contribution is 0.0872. The number of hydrogen-bond acceptors (Lipinski definition) is 6. The highest BCUT2D eigenvalue weighted by atomic mass is 16.5. The van der Waals surface area contributed by atoms with Gasteiger partial charge in [0.2, 0.25) is 0 Å². The van der Waals surface area contributed by atoms with E-state index in [1.807, 2.05) is 12.1 Å². The number of piperidine rings is 1. The van der Waals surface area contributed by atoms with E-state index in [1.54, 1.807) is 7.11 Å². The zero-order valence-electron chi connectivity index (χ0n) is 28.2. The molecule has 1 aliphatic carbocycles. The first-order valence-corrected chi connectivity index (χ1v) is 16.2. The van der Waals surface area contributed by atoms with Gasteiger partial charge >= 0.3 is 0 Å². The SMILES string of the molecule is CCN(c1cc(-c2ccc(OCCOC)cc2)cc(C(=O)NC2CC(C)(C)NC(C)(C)C2)c1C)[C@H]1CC[C@H](N(C)C)CC1. The molecular weight excluding hydrogens is 536 g/mol. The molecule has 2 aromatic carbocycles. The first kappa shape index (κ1) is 33.3. The molecule has 2 aliphatic rings. The standard InChI is InChI=1S/C36H56N4O3/c1-10-40(30-15-13-29(14-16-30)39(7)8)33-22-27(26-11-17-31(18-12-26)43-20-19-42-9)21-32(25(33)2)34(41)37-28-23-35(3,4)38-36(5,6)24-28/h11-12,17-18,21-22,28-30,38H,10,13-16,19-20,23-24H2,1-9H3,(H,37,41)/t29-,30-. The highest BCUT2D eigenvalue weighted by Gasteiger charge is 2.38. The average molecular weight is 593 g/mol. The summed E-state index contributed by atoms with van der Waals surface area (Å²) in [6.07, 6.45) is 6.52. The number of ether oxygens (including phenoxy) is 2. The summed E-state index contributed by atoms with van der Waals surface area (Å²) in [5, 5.41) is 7.19. The number of nitrogens with zero attached hydrogens (tertiary/aromatic N) is 2. The normalized spacial score (nSPS) is 21.9. The average Bonchev–Trinajstić information content (AvgIpc) is 2.93. The van der Waals surface area contributed by atoms with E-state index >= 15 is 0 Å². The highest BCUT2D eigenvalue weighted by Crippen LogP contribution is 2.36. The number of hydrogen-bond donors (Lipinski definition) is 2. The van der Waals surface area contributed by atoms with Gasteiger partial charge in [-0.15, -0.1) is 0 Å². The molecule has 2 aromatic rings. The van der Waals surface area contributed by atoms with Crippen LogP contribution in [0.25, 0.3) is 11.1 Å². The van der Waals surface area contributed by atoms with Crippen LogP contribution in [0.3, 0.4) is 0 Å². The van der Waals surface area contributed by atoms with Crippen LogP contribution in [0.5, 0.6) is 5.75 Å². The Morgan fingerprint density at radius 2 is 1.53 bits per heavy atom. The van der Waals surface area contributed by atoms with Crippen molar-refractivity contribution in [2.75, 3.05) is 45.9 Å². The van der Waals surface area contributed by atoms with Crippen molar-refractivity contribution >= 4 is 11.6 Å². The molecule has 0 unspecified atom stereocenters. The molecular formula is C36H56N4O3. The van der Waals surface area contributed by atoms with E-state index in [2.05, 4.69) is 100 Å². The molecule has 1 amide bonds. The maximum atomic E-state index is 14.1. The number of carbonyl (C=O) groups excluding carboxylic acids is 1. The predicted octanol–water partition coefficient (Wildman–Crippen LogP) is 6.43. The van der Waals surface area contributed by atoms with Crippen molar-refractivity contribution in [1.82, 2.24) is 15.5 Å². The Balaban J connectivity index is 1.68. The van der Waals surface area contributed by atoms with Gasteiger partial charge in [0.05, 0.1) is 6.61 Å². The monoisotopic (exact) mass is 592 g/mol. The van der Waals surface area contributed by atoms with Crippen molar-refractivity contribution in [2.24, 2.45) is 0 Å². The van der Waals surface area contributed by atoms with E-state index < -0.39 is 0 Å². The zero-order valence-corrected chi connectivity index (χ0v) is 28.2. The molecule has 1 heterocycles. The van der Waals surface area contributed by atoms with Gasteiger partial charge in [0.1, 0.15) is 12.4 Å². The topological polar surface area (TPSA) is 66.1 Å². The summed E-state index contributed by atoms with van der Waals surface area (Å²) in [5.41, 5.74) is 5.04. The van der Waals surface area contributed by atoms with Crippen molar-refractivity contribution in [1.29, 1.82) is 0 Å². The lowest BCUT2D eigenvalue weighted by Crippen LogP contribution is -2.62. The van der Waals surface area contributed by atoms with Gasteiger partial charge in [-0.1, -0.05) is 12.1 Å². The van der Waals surface area contributed by atoms with Gasteiger partial charge in [-0.05, 0) is 135 Å². The van der Waals surface area contributed by atoms with Crippen LogP contribution in [0.1, 0.15) is 89.1 Å². The molecule has 0 radical (unpaired) electrons. The summed E-state index contributed by atoms with van der Waals surface area (Å²) in [7, 11) is 6.06. The third kappa shape index (κ3) is 8.52. The number of anilines is 1. The van der Waals surface area contributed by atoms with Gasteiger partial charge in [0.15, 0.2) is 0 Å². The Morgan fingerprint density at radius 3 is 2.09 bits per heavy atom. The molecule has 7 nitrogen and oxygen atoms in total. The minimum Gasteiger partial charge on any atom is -0.491 e. The maximum Gasteiger partial charge on any atom is 0.251 e. The van der Waals surface area contributed by atoms with Crippen LogP contribution in [0.15, 0.2) is 36.4 Å². The van der Waals surface area contributed by atoms with E-state index in [0.29, 0.717) is 25.3 Å². The summed E-state index contributed by atoms with van der Waals surface area (Å²) >= 11 is 0. The lowest BCUT2D eigenvalue weighted by Gasteiger charge is -2.46. The largest absolute Gasteiger partial charge is 0.491 e. The number of methoxy groups -OCH3 is 1. The molecule has 1 saturated heterocycles. The van der Waals surface area contributed by atoms with Crippen LogP contribution >= 0.6 is 0 Å². The number of benzene rings is 2. The minimum atomic E-state index is -0.0424. The maximum absolute atomic E-state index is 14.1. The van der Waals surface area contributed by atoms with Crippen LogP contribution in [0.2, 0.25) is 0 Å². The smallest absolute Gasteiger partial charge is 0.251 e. The van der Waals surface area contributed by atoms with Gasteiger partial charge < -0.3 is 29.9 Å². The van der Waals surface area contributed by atoms with Crippen LogP contribution in [-0.2, 0) is 4.74 Å². The van der Waals surface area contributed by atoms with Crippen LogP contribution in [0.4, 0.5) is 5.69 Å². The minimum absolute atomic E-state index is 0.0194. The zero-order chi connectivity index (χ0) is 31.4. The first-order chi connectivity index (χ1) is 20.3. The van der Waals surface area contributed by atoms with Crippen molar-refractivity contribution in [3.05, 3.63) is 47.5 Å². The molecule has 43 heavy (non-hydrogen) atoms. The van der Waals surface area contributed by atoms with Crippen molar-refractivity contribution in [3.8, 4) is 16.9 Å². The molecule has 1 saturated carbocycles. The van der Waals surface area contributed by atoms with E-state index in [1.165, 1.54) is 18.5 Å². The second-order valence-electron chi connectivity index (χ2n) is 14.2. The molecule has 2 fully saturated rings. The van der Waals surface area contributed by atoms with Crippen LogP contribution in [0, 0.1) is 6.92 Å². The Morgan fingerprint density at radius 1 is 0.930 bits per heavy atom. The van der Waals surface area contributed by atoms with Crippen molar-refractivity contribution < 1.29 is 14.3 Å². The fourth-order valence-corrected chi connectivity index (χ4v) is 7.59. The fourth-order valence-electron chi connectivity index (χ4n) is 7.59. The third-order valence-corrected chi connectivity index (χ3v) is 9.38. The lowest BCUT2D eigenvalue weighted by atomic mass is 9.79. The van der Waals surface area contributed by atoms with Gasteiger partial charge in [-0.3, -0.25) is 4.79 Å². The molecule has 0 spiro atoms. The first-order valence-electron chi connectivity index (χ1n) is 16.2. The molecule has 2 N–H and O–H groups in total. The summed E-state index contributed by atoms with van der Waals surface area (Å²) < 4.78 is 10.9. The summed E-state index contributed by atoms with van der Waals surface area (Å²) in [5.74, 6) is 0.834. The second kappa shape index (κ2) is 14.0. The molecule has 4 rings (SSSR count). The van der Waals surface area contributed by atoms with E-state index in [4.69, 9.17) is 9.47 Å². The summed E-state index contributed by atoms with van der Waals surface area (Å²) in [6, 6.07) is 13.8. The predicted molar refractivity (Wildman–Crippen MR) is 179 cm³/mol. The highest BCUT2D eigenvalue weighted by molar-refractivity contribution is 5.99. The molecule has 0 aromatic heterocycles. The van der Waals surface area contributed by atoms with E-state index in [9.17, 15) is 4.79 Å². The third-order valence-electron chi connectivity index (χ3n) is 9.38. The number of carbonyl (C=O) groups is 1. The van der Waals surface area contributed by atoms with Crippen molar-refractivity contribution in [3.63, 3.8) is 0 Å². The number of nitrogens with one attached hydrogen (secondary N) is 2. The van der Waals surface area contributed by atoms with Crippen LogP contribution in [-0.4, -0.2) is 81.0 Å². The second-order valence-corrected chi connectivity index (χ2v) is 14.2. The Labute approximate surface area is 260 Å². The van der Waals surface area contributed by atoms with Gasteiger partial charge in [-0.25, -0.2) is 0 Å².